The number of rotatable bonds is 6. The van der Waals surface area contributed by atoms with Crippen LogP contribution in [-0.2, 0) is 11.5 Å². The van der Waals surface area contributed by atoms with Crippen LogP contribution in [0.3, 0.4) is 0 Å². The van der Waals surface area contributed by atoms with Crippen LogP contribution in [0.4, 0.5) is 0 Å². The first-order chi connectivity index (χ1) is 7.35. The molecule has 1 atom stereocenters. The molecule has 84 valence electrons. The molecular formula is C12H20N2O. The number of nitrogens with zero attached hydrogens (tertiary/aromatic N) is 1. The van der Waals surface area contributed by atoms with Gasteiger partial charge in [0, 0.05) is 25.5 Å². The fourth-order valence-corrected chi connectivity index (χ4v) is 2.08. The molecule has 1 unspecified atom stereocenters. The second-order valence-electron chi connectivity index (χ2n) is 4.25. The van der Waals surface area contributed by atoms with E-state index >= 15 is 0 Å². The van der Waals surface area contributed by atoms with Gasteiger partial charge in [-0.25, -0.2) is 0 Å². The minimum atomic E-state index is 0.549. The van der Waals surface area contributed by atoms with Crippen LogP contribution in [0.5, 0.6) is 0 Å². The van der Waals surface area contributed by atoms with E-state index in [1.54, 1.807) is 7.11 Å². The second-order valence-corrected chi connectivity index (χ2v) is 4.25. The fraction of sp³-hybridized carbons (Fsp3) is 0.667. The van der Waals surface area contributed by atoms with Gasteiger partial charge in [0.2, 0.25) is 0 Å². The molecule has 1 aliphatic rings. The van der Waals surface area contributed by atoms with Gasteiger partial charge in [-0.05, 0) is 36.9 Å². The topological polar surface area (TPSA) is 26.2 Å². The molecule has 0 aliphatic heterocycles. The lowest BCUT2D eigenvalue weighted by molar-refractivity contribution is 0.131. The molecule has 1 aliphatic carbocycles. The van der Waals surface area contributed by atoms with E-state index in [-0.39, 0.29) is 0 Å². The highest BCUT2D eigenvalue weighted by atomic mass is 16.5. The lowest BCUT2D eigenvalue weighted by atomic mass is 10.1. The molecule has 0 bridgehead atoms. The van der Waals surface area contributed by atoms with E-state index in [2.05, 4.69) is 35.3 Å². The smallest absolute Gasteiger partial charge is 0.121 e. The maximum absolute atomic E-state index is 5.10. The molecule has 2 rings (SSSR count). The first kappa shape index (κ1) is 10.7. The van der Waals surface area contributed by atoms with Crippen molar-refractivity contribution in [2.45, 2.75) is 32.5 Å². The molecule has 1 fully saturated rings. The predicted molar refractivity (Wildman–Crippen MR) is 60.6 cm³/mol. The van der Waals surface area contributed by atoms with Gasteiger partial charge in [-0.1, -0.05) is 6.92 Å². The molecule has 1 saturated carbocycles. The van der Waals surface area contributed by atoms with E-state index in [9.17, 15) is 0 Å². The predicted octanol–water partition coefficient (Wildman–Crippen LogP) is 2.15. The number of hydrogen-bond acceptors (Lipinski definition) is 2. The maximum Gasteiger partial charge on any atom is 0.121 e. The third-order valence-corrected chi connectivity index (χ3v) is 2.93. The third kappa shape index (κ3) is 2.61. The normalized spacial score (nSPS) is 18.0. The fourth-order valence-electron chi connectivity index (χ4n) is 2.08. The van der Waals surface area contributed by atoms with Crippen molar-refractivity contribution in [2.75, 3.05) is 13.7 Å². The Bertz CT molecular complexity index is 304. The number of hydrogen-bond donors (Lipinski definition) is 1. The summed E-state index contributed by atoms with van der Waals surface area (Å²) in [4.78, 5) is 0. The lowest BCUT2D eigenvalue weighted by Crippen LogP contribution is -2.22. The third-order valence-electron chi connectivity index (χ3n) is 2.93. The Kier molecular flexibility index (Phi) is 3.44. The summed E-state index contributed by atoms with van der Waals surface area (Å²) in [5.41, 5.74) is 1.40. The monoisotopic (exact) mass is 208 g/mol. The molecule has 1 N–H and O–H groups in total. The quantitative estimate of drug-likeness (QED) is 0.775. The largest absolute Gasteiger partial charge is 0.364 e. The van der Waals surface area contributed by atoms with Gasteiger partial charge >= 0.3 is 0 Å². The molecule has 0 saturated heterocycles. The first-order valence-corrected chi connectivity index (χ1v) is 5.73. The summed E-state index contributed by atoms with van der Waals surface area (Å²) in [5, 5.41) is 3.56. The van der Waals surface area contributed by atoms with Crippen molar-refractivity contribution < 1.29 is 4.74 Å². The van der Waals surface area contributed by atoms with Crippen LogP contribution in [0.25, 0.3) is 0 Å². The van der Waals surface area contributed by atoms with E-state index in [0.29, 0.717) is 12.8 Å². The first-order valence-electron chi connectivity index (χ1n) is 5.73. The highest BCUT2D eigenvalue weighted by Gasteiger charge is 2.31. The van der Waals surface area contributed by atoms with Gasteiger partial charge in [0.15, 0.2) is 0 Å². The minimum Gasteiger partial charge on any atom is -0.364 e. The van der Waals surface area contributed by atoms with Crippen molar-refractivity contribution >= 4 is 0 Å². The number of nitrogens with one attached hydrogen (secondary N) is 1. The summed E-state index contributed by atoms with van der Waals surface area (Å²) in [6.07, 6.45) is 7.01. The molecule has 15 heavy (non-hydrogen) atoms. The molecule has 3 nitrogen and oxygen atoms in total. The van der Waals surface area contributed by atoms with Gasteiger partial charge < -0.3 is 14.6 Å². The highest BCUT2D eigenvalue weighted by Crippen LogP contribution is 2.40. The van der Waals surface area contributed by atoms with Crippen LogP contribution in [-0.4, -0.2) is 18.2 Å². The van der Waals surface area contributed by atoms with Crippen molar-refractivity contribution in [2.24, 2.45) is 5.92 Å². The zero-order valence-corrected chi connectivity index (χ0v) is 9.57. The van der Waals surface area contributed by atoms with E-state index in [1.807, 2.05) is 0 Å². The van der Waals surface area contributed by atoms with E-state index in [4.69, 9.17) is 4.74 Å². The Morgan fingerprint density at radius 3 is 3.00 bits per heavy atom. The van der Waals surface area contributed by atoms with E-state index in [1.165, 1.54) is 18.4 Å². The van der Waals surface area contributed by atoms with Crippen LogP contribution in [0.2, 0.25) is 0 Å². The van der Waals surface area contributed by atoms with Crippen LogP contribution in [0.15, 0.2) is 18.5 Å². The molecule has 0 amide bonds. The Morgan fingerprint density at radius 2 is 2.40 bits per heavy atom. The van der Waals surface area contributed by atoms with Crippen molar-refractivity contribution in [3.8, 4) is 0 Å². The molecule has 1 heterocycles. The second kappa shape index (κ2) is 4.81. The SMILES string of the molecule is CCNC(c1ccn(COC)c1)C1CC1. The summed E-state index contributed by atoms with van der Waals surface area (Å²) in [6.45, 7) is 3.85. The Hall–Kier alpha value is -0.800. The van der Waals surface area contributed by atoms with Crippen molar-refractivity contribution in [1.82, 2.24) is 9.88 Å². The number of ether oxygens (including phenoxy) is 1. The van der Waals surface area contributed by atoms with Gasteiger partial charge in [0.25, 0.3) is 0 Å². The molecular weight excluding hydrogens is 188 g/mol. The van der Waals surface area contributed by atoms with Gasteiger partial charge in [-0.3, -0.25) is 0 Å². The summed E-state index contributed by atoms with van der Waals surface area (Å²) in [6, 6.07) is 2.75. The van der Waals surface area contributed by atoms with Gasteiger partial charge in [-0.2, -0.15) is 0 Å². The number of aromatic nitrogens is 1. The van der Waals surface area contributed by atoms with Gasteiger partial charge in [-0.15, -0.1) is 0 Å². The molecule has 0 spiro atoms. The Morgan fingerprint density at radius 1 is 1.60 bits per heavy atom. The van der Waals surface area contributed by atoms with Crippen LogP contribution >= 0.6 is 0 Å². The van der Waals surface area contributed by atoms with Gasteiger partial charge in [0.05, 0.1) is 0 Å². The van der Waals surface area contributed by atoms with E-state index in [0.717, 1.165) is 12.5 Å². The molecule has 3 heteroatoms. The standard InChI is InChI=1S/C12H20N2O/c1-3-13-12(10-4-5-10)11-6-7-14(8-11)9-15-2/h6-8,10,12-13H,3-5,9H2,1-2H3. The van der Waals surface area contributed by atoms with Crippen molar-refractivity contribution in [1.29, 1.82) is 0 Å². The number of methoxy groups -OCH3 is 1. The zero-order valence-electron chi connectivity index (χ0n) is 9.57. The van der Waals surface area contributed by atoms with Gasteiger partial charge in [0.1, 0.15) is 6.73 Å². The Labute approximate surface area is 91.4 Å². The molecule has 0 aromatic carbocycles. The molecule has 0 radical (unpaired) electrons. The summed E-state index contributed by atoms with van der Waals surface area (Å²) in [7, 11) is 1.72. The van der Waals surface area contributed by atoms with Crippen molar-refractivity contribution in [3.63, 3.8) is 0 Å². The van der Waals surface area contributed by atoms with Crippen LogP contribution in [0.1, 0.15) is 31.4 Å². The van der Waals surface area contributed by atoms with E-state index < -0.39 is 0 Å². The molecule has 1 aromatic heterocycles. The lowest BCUT2D eigenvalue weighted by Gasteiger charge is -2.15. The average Bonchev–Trinajstić information content (AvgIpc) is 2.96. The summed E-state index contributed by atoms with van der Waals surface area (Å²) < 4.78 is 7.18. The van der Waals surface area contributed by atoms with Crippen molar-refractivity contribution in [3.05, 3.63) is 24.0 Å². The molecule has 1 aromatic rings. The minimum absolute atomic E-state index is 0.549. The highest BCUT2D eigenvalue weighted by molar-refractivity contribution is 5.18. The maximum atomic E-state index is 5.10. The van der Waals surface area contributed by atoms with Crippen LogP contribution < -0.4 is 5.32 Å². The average molecular weight is 208 g/mol. The zero-order chi connectivity index (χ0) is 10.7. The summed E-state index contributed by atoms with van der Waals surface area (Å²) in [5.74, 6) is 0.850. The summed E-state index contributed by atoms with van der Waals surface area (Å²) >= 11 is 0. The Balaban J connectivity index is 2.04. The van der Waals surface area contributed by atoms with Crippen LogP contribution in [0, 0.1) is 5.92 Å².